The summed E-state index contributed by atoms with van der Waals surface area (Å²) in [6.45, 7) is 4.88. The van der Waals surface area contributed by atoms with Gasteiger partial charge in [-0.2, -0.15) is 0 Å². The van der Waals surface area contributed by atoms with Gasteiger partial charge >= 0.3 is 5.97 Å². The van der Waals surface area contributed by atoms with E-state index in [2.05, 4.69) is 4.90 Å². The molecular weight excluding hydrogens is 312 g/mol. The number of esters is 1. The number of ether oxygens (including phenoxy) is 3. The molecule has 2 aliphatic rings. The van der Waals surface area contributed by atoms with Crippen LogP contribution in [0.25, 0.3) is 0 Å². The molecular formula is C17H22N2O5. The van der Waals surface area contributed by atoms with Crippen molar-refractivity contribution < 1.29 is 23.8 Å². The molecule has 0 aliphatic carbocycles. The summed E-state index contributed by atoms with van der Waals surface area (Å²) in [7, 11) is 1.35. The van der Waals surface area contributed by atoms with Gasteiger partial charge in [-0.05, 0) is 18.2 Å². The van der Waals surface area contributed by atoms with Gasteiger partial charge in [-0.1, -0.05) is 0 Å². The minimum absolute atomic E-state index is 0.0861. The van der Waals surface area contributed by atoms with Gasteiger partial charge in [0.05, 0.1) is 44.8 Å². The number of rotatable bonds is 3. The van der Waals surface area contributed by atoms with Crippen LogP contribution in [0.1, 0.15) is 20.7 Å². The molecule has 2 fully saturated rings. The summed E-state index contributed by atoms with van der Waals surface area (Å²) in [4.78, 5) is 28.7. The Morgan fingerprint density at radius 1 is 1.00 bits per heavy atom. The lowest BCUT2D eigenvalue weighted by Crippen LogP contribution is -2.41. The highest BCUT2D eigenvalue weighted by Crippen LogP contribution is 2.25. The Hall–Kier alpha value is -2.12. The SMILES string of the molecule is COC(=O)c1cc(C(=O)N2CCOCC2)ccc1N1CCOCC1. The van der Waals surface area contributed by atoms with Crippen molar-refractivity contribution >= 4 is 17.6 Å². The van der Waals surface area contributed by atoms with E-state index in [0.29, 0.717) is 63.7 Å². The third-order valence-electron chi connectivity index (χ3n) is 4.30. The van der Waals surface area contributed by atoms with Gasteiger partial charge in [-0.25, -0.2) is 4.79 Å². The molecule has 130 valence electrons. The normalized spacial score (nSPS) is 18.4. The number of methoxy groups -OCH3 is 1. The molecule has 7 nitrogen and oxygen atoms in total. The van der Waals surface area contributed by atoms with Crippen molar-refractivity contribution in [3.05, 3.63) is 29.3 Å². The molecule has 3 rings (SSSR count). The smallest absolute Gasteiger partial charge is 0.339 e. The van der Waals surface area contributed by atoms with Crippen molar-refractivity contribution in [1.82, 2.24) is 4.90 Å². The zero-order valence-corrected chi connectivity index (χ0v) is 13.8. The molecule has 2 aliphatic heterocycles. The summed E-state index contributed by atoms with van der Waals surface area (Å²) in [5.74, 6) is -0.523. The van der Waals surface area contributed by atoms with Gasteiger partial charge in [0.15, 0.2) is 0 Å². The van der Waals surface area contributed by atoms with Crippen LogP contribution in [-0.2, 0) is 14.2 Å². The maximum absolute atomic E-state index is 12.6. The fraction of sp³-hybridized carbons (Fsp3) is 0.529. The molecule has 0 radical (unpaired) electrons. The van der Waals surface area contributed by atoms with Crippen LogP contribution in [0.15, 0.2) is 18.2 Å². The second-order valence-electron chi connectivity index (χ2n) is 5.73. The molecule has 2 saturated heterocycles. The summed E-state index contributed by atoms with van der Waals surface area (Å²) in [6.07, 6.45) is 0. The molecule has 2 heterocycles. The number of hydrogen-bond acceptors (Lipinski definition) is 6. The minimum atomic E-state index is -0.437. The highest BCUT2D eigenvalue weighted by Gasteiger charge is 2.24. The van der Waals surface area contributed by atoms with Gasteiger partial charge < -0.3 is 24.0 Å². The molecule has 0 unspecified atom stereocenters. The van der Waals surface area contributed by atoms with Crippen LogP contribution in [0.3, 0.4) is 0 Å². The third-order valence-corrected chi connectivity index (χ3v) is 4.30. The first-order chi connectivity index (χ1) is 11.7. The average Bonchev–Trinajstić information content (AvgIpc) is 2.67. The summed E-state index contributed by atoms with van der Waals surface area (Å²) < 4.78 is 15.5. The van der Waals surface area contributed by atoms with Crippen molar-refractivity contribution in [2.75, 3.05) is 64.6 Å². The predicted octanol–water partition coefficient (Wildman–Crippen LogP) is 0.782. The number of carbonyl (C=O) groups is 2. The van der Waals surface area contributed by atoms with Crippen molar-refractivity contribution in [2.45, 2.75) is 0 Å². The van der Waals surface area contributed by atoms with Gasteiger partial charge in [0, 0.05) is 31.7 Å². The summed E-state index contributed by atoms with van der Waals surface area (Å²) in [6, 6.07) is 5.23. The molecule has 0 N–H and O–H groups in total. The van der Waals surface area contributed by atoms with E-state index in [1.165, 1.54) is 7.11 Å². The monoisotopic (exact) mass is 334 g/mol. The van der Waals surface area contributed by atoms with E-state index in [1.54, 1.807) is 17.0 Å². The van der Waals surface area contributed by atoms with Gasteiger partial charge in [-0.3, -0.25) is 4.79 Å². The minimum Gasteiger partial charge on any atom is -0.465 e. The fourth-order valence-electron chi connectivity index (χ4n) is 2.97. The number of amides is 1. The lowest BCUT2D eigenvalue weighted by molar-refractivity contribution is 0.0303. The van der Waals surface area contributed by atoms with Crippen LogP contribution >= 0.6 is 0 Å². The highest BCUT2D eigenvalue weighted by atomic mass is 16.5. The maximum Gasteiger partial charge on any atom is 0.339 e. The van der Waals surface area contributed by atoms with Crippen LogP contribution in [0.5, 0.6) is 0 Å². The van der Waals surface area contributed by atoms with Crippen LogP contribution in [0.4, 0.5) is 5.69 Å². The van der Waals surface area contributed by atoms with Crippen LogP contribution in [0.2, 0.25) is 0 Å². The largest absolute Gasteiger partial charge is 0.465 e. The van der Waals surface area contributed by atoms with E-state index in [4.69, 9.17) is 14.2 Å². The number of morpholine rings is 2. The topological polar surface area (TPSA) is 68.3 Å². The van der Waals surface area contributed by atoms with Crippen molar-refractivity contribution in [3.8, 4) is 0 Å². The number of carbonyl (C=O) groups excluding carboxylic acids is 2. The molecule has 0 atom stereocenters. The number of hydrogen-bond donors (Lipinski definition) is 0. The molecule has 0 saturated carbocycles. The molecule has 0 spiro atoms. The molecule has 0 aromatic heterocycles. The van der Waals surface area contributed by atoms with E-state index >= 15 is 0 Å². The number of anilines is 1. The maximum atomic E-state index is 12.6. The van der Waals surface area contributed by atoms with E-state index in [-0.39, 0.29) is 5.91 Å². The Labute approximate surface area is 141 Å². The molecule has 0 bridgehead atoms. The predicted molar refractivity (Wildman–Crippen MR) is 87.5 cm³/mol. The van der Waals surface area contributed by atoms with Gasteiger partial charge in [0.2, 0.25) is 0 Å². The Bertz CT molecular complexity index is 607. The van der Waals surface area contributed by atoms with E-state index in [1.807, 2.05) is 6.07 Å². The second kappa shape index (κ2) is 7.63. The molecule has 7 heteroatoms. The van der Waals surface area contributed by atoms with Gasteiger partial charge in [0.25, 0.3) is 5.91 Å². The highest BCUT2D eigenvalue weighted by molar-refractivity contribution is 6.01. The van der Waals surface area contributed by atoms with Crippen molar-refractivity contribution in [1.29, 1.82) is 0 Å². The van der Waals surface area contributed by atoms with Crippen LogP contribution in [-0.4, -0.2) is 76.5 Å². The Morgan fingerprint density at radius 2 is 1.62 bits per heavy atom. The summed E-state index contributed by atoms with van der Waals surface area (Å²) >= 11 is 0. The number of nitrogens with zero attached hydrogens (tertiary/aromatic N) is 2. The number of benzene rings is 1. The first-order valence-electron chi connectivity index (χ1n) is 8.13. The summed E-state index contributed by atoms with van der Waals surface area (Å²) in [5, 5.41) is 0. The lowest BCUT2D eigenvalue weighted by atomic mass is 10.1. The molecule has 1 aromatic carbocycles. The second-order valence-corrected chi connectivity index (χ2v) is 5.73. The lowest BCUT2D eigenvalue weighted by Gasteiger charge is -2.31. The first kappa shape index (κ1) is 16.7. The van der Waals surface area contributed by atoms with Gasteiger partial charge in [-0.15, -0.1) is 0 Å². The standard InChI is InChI=1S/C17H22N2O5/c1-22-17(21)14-12-13(16(20)19-6-10-24-11-7-19)2-3-15(14)18-4-8-23-9-5-18/h2-3,12H,4-11H2,1H3. The van der Waals surface area contributed by atoms with Crippen molar-refractivity contribution in [2.24, 2.45) is 0 Å². The zero-order valence-electron chi connectivity index (χ0n) is 13.8. The van der Waals surface area contributed by atoms with Crippen LogP contribution in [0, 0.1) is 0 Å². The Morgan fingerprint density at radius 3 is 2.25 bits per heavy atom. The Kier molecular flexibility index (Phi) is 5.32. The first-order valence-corrected chi connectivity index (χ1v) is 8.13. The van der Waals surface area contributed by atoms with Crippen LogP contribution < -0.4 is 4.90 Å². The fourth-order valence-corrected chi connectivity index (χ4v) is 2.97. The molecule has 24 heavy (non-hydrogen) atoms. The van der Waals surface area contributed by atoms with E-state index < -0.39 is 5.97 Å². The zero-order chi connectivity index (χ0) is 16.9. The molecule has 1 aromatic rings. The van der Waals surface area contributed by atoms with Gasteiger partial charge in [0.1, 0.15) is 0 Å². The van der Waals surface area contributed by atoms with Crippen molar-refractivity contribution in [3.63, 3.8) is 0 Å². The third kappa shape index (κ3) is 3.52. The molecule has 1 amide bonds. The average molecular weight is 334 g/mol. The van der Waals surface area contributed by atoms with E-state index in [9.17, 15) is 9.59 Å². The van der Waals surface area contributed by atoms with E-state index in [0.717, 1.165) is 5.69 Å². The summed E-state index contributed by atoms with van der Waals surface area (Å²) in [5.41, 5.74) is 1.69. The Balaban J connectivity index is 1.88. The quantitative estimate of drug-likeness (QED) is 0.761.